The van der Waals surface area contributed by atoms with Gasteiger partial charge < -0.3 is 11.1 Å². The number of amides is 1. The van der Waals surface area contributed by atoms with E-state index in [0.29, 0.717) is 5.69 Å². The van der Waals surface area contributed by atoms with Crippen LogP contribution in [0.5, 0.6) is 0 Å². The fourth-order valence-corrected chi connectivity index (χ4v) is 1.55. The lowest BCUT2D eigenvalue weighted by Crippen LogP contribution is -2.28. The van der Waals surface area contributed by atoms with E-state index in [4.69, 9.17) is 5.73 Å². The number of nitrogen functional groups attached to an aromatic ring is 1. The molecular formula is C9H16N4OS. The first-order valence-corrected chi connectivity index (χ1v) is 6.15. The first kappa shape index (κ1) is 11.9. The van der Waals surface area contributed by atoms with Gasteiger partial charge in [0.25, 0.3) is 0 Å². The number of nitrogens with zero attached hydrogens (tertiary/aromatic N) is 2. The van der Waals surface area contributed by atoms with Crippen LogP contribution >= 0.6 is 11.8 Å². The molecule has 1 aromatic rings. The molecule has 1 rings (SSSR count). The topological polar surface area (TPSA) is 72.9 Å². The van der Waals surface area contributed by atoms with Crippen LogP contribution < -0.4 is 11.1 Å². The predicted molar refractivity (Wildman–Crippen MR) is 62.6 cm³/mol. The second-order valence-electron chi connectivity index (χ2n) is 3.17. The molecule has 0 bridgehead atoms. The van der Waals surface area contributed by atoms with Crippen molar-refractivity contribution in [2.45, 2.75) is 13.0 Å². The fraction of sp³-hybridized carbons (Fsp3) is 0.556. The van der Waals surface area contributed by atoms with Gasteiger partial charge in [-0.1, -0.05) is 0 Å². The largest absolute Gasteiger partial charge is 0.396 e. The minimum absolute atomic E-state index is 0.0285. The molecule has 0 aliphatic carbocycles. The van der Waals surface area contributed by atoms with Crippen LogP contribution in [0.25, 0.3) is 0 Å². The maximum Gasteiger partial charge on any atom is 0.241 e. The van der Waals surface area contributed by atoms with E-state index in [1.165, 1.54) is 10.9 Å². The van der Waals surface area contributed by atoms with E-state index >= 15 is 0 Å². The van der Waals surface area contributed by atoms with Crippen molar-refractivity contribution < 1.29 is 4.79 Å². The molecule has 0 aliphatic rings. The number of carbonyl (C=O) groups is 1. The van der Waals surface area contributed by atoms with Crippen LogP contribution in [-0.4, -0.2) is 34.2 Å². The molecule has 0 radical (unpaired) electrons. The van der Waals surface area contributed by atoms with Crippen LogP contribution in [0.1, 0.15) is 6.42 Å². The predicted octanol–water partition coefficient (Wildman–Crippen LogP) is 0.335. The molecule has 0 aromatic carbocycles. The fourth-order valence-electron chi connectivity index (χ4n) is 1.11. The van der Waals surface area contributed by atoms with Gasteiger partial charge in [-0.3, -0.25) is 9.48 Å². The Hall–Kier alpha value is -1.17. The van der Waals surface area contributed by atoms with Crippen molar-refractivity contribution in [2.24, 2.45) is 0 Å². The molecule has 0 saturated carbocycles. The molecule has 0 aliphatic heterocycles. The van der Waals surface area contributed by atoms with Gasteiger partial charge >= 0.3 is 0 Å². The Morgan fingerprint density at radius 3 is 3.13 bits per heavy atom. The number of nitrogens with two attached hydrogens (primary N) is 1. The van der Waals surface area contributed by atoms with Gasteiger partial charge in [0.2, 0.25) is 5.91 Å². The van der Waals surface area contributed by atoms with Gasteiger partial charge in [0.1, 0.15) is 6.54 Å². The normalized spacial score (nSPS) is 10.2. The Morgan fingerprint density at radius 1 is 1.73 bits per heavy atom. The standard InChI is InChI=1S/C9H16N4OS/c1-15-4-2-3-11-9(14)7-13-6-8(10)5-12-13/h5-6H,2-4,7,10H2,1H3,(H,11,14). The molecule has 1 amide bonds. The van der Waals surface area contributed by atoms with Crippen molar-refractivity contribution in [2.75, 3.05) is 24.3 Å². The number of hydrogen-bond acceptors (Lipinski definition) is 4. The first-order chi connectivity index (χ1) is 7.22. The molecule has 0 saturated heterocycles. The Balaban J connectivity index is 2.18. The summed E-state index contributed by atoms with van der Waals surface area (Å²) >= 11 is 1.78. The molecule has 0 spiro atoms. The second-order valence-corrected chi connectivity index (χ2v) is 4.15. The summed E-state index contributed by atoms with van der Waals surface area (Å²) < 4.78 is 1.53. The summed E-state index contributed by atoms with van der Waals surface area (Å²) in [6, 6.07) is 0. The van der Waals surface area contributed by atoms with Crippen LogP contribution in [-0.2, 0) is 11.3 Å². The third kappa shape index (κ3) is 4.73. The molecular weight excluding hydrogens is 212 g/mol. The molecule has 5 nitrogen and oxygen atoms in total. The van der Waals surface area contributed by atoms with E-state index in [1.807, 2.05) is 6.26 Å². The van der Waals surface area contributed by atoms with Crippen LogP contribution in [0, 0.1) is 0 Å². The number of anilines is 1. The van der Waals surface area contributed by atoms with Crippen LogP contribution in [0.4, 0.5) is 5.69 Å². The maximum absolute atomic E-state index is 11.4. The smallest absolute Gasteiger partial charge is 0.241 e. The molecule has 0 unspecified atom stereocenters. The van der Waals surface area contributed by atoms with Crippen molar-refractivity contribution >= 4 is 23.4 Å². The minimum Gasteiger partial charge on any atom is -0.396 e. The quantitative estimate of drug-likeness (QED) is 0.688. The van der Waals surface area contributed by atoms with E-state index in [9.17, 15) is 4.79 Å². The van der Waals surface area contributed by atoms with Crippen molar-refractivity contribution in [3.05, 3.63) is 12.4 Å². The second kappa shape index (κ2) is 6.34. The van der Waals surface area contributed by atoms with Crippen molar-refractivity contribution in [1.82, 2.24) is 15.1 Å². The zero-order valence-electron chi connectivity index (χ0n) is 8.77. The highest BCUT2D eigenvalue weighted by Gasteiger charge is 2.02. The van der Waals surface area contributed by atoms with Gasteiger partial charge in [-0.2, -0.15) is 16.9 Å². The van der Waals surface area contributed by atoms with E-state index in [-0.39, 0.29) is 12.5 Å². The number of rotatable bonds is 6. The molecule has 1 aromatic heterocycles. The zero-order chi connectivity index (χ0) is 11.1. The average molecular weight is 228 g/mol. The highest BCUT2D eigenvalue weighted by Crippen LogP contribution is 1.97. The van der Waals surface area contributed by atoms with Crippen LogP contribution in [0.3, 0.4) is 0 Å². The highest BCUT2D eigenvalue weighted by molar-refractivity contribution is 7.98. The summed E-state index contributed by atoms with van der Waals surface area (Å²) in [6.45, 7) is 0.951. The molecule has 1 heterocycles. The maximum atomic E-state index is 11.4. The summed E-state index contributed by atoms with van der Waals surface area (Å²) in [5.41, 5.74) is 6.05. The molecule has 0 atom stereocenters. The molecule has 84 valence electrons. The van der Waals surface area contributed by atoms with Crippen LogP contribution in [0.2, 0.25) is 0 Å². The summed E-state index contributed by atoms with van der Waals surface area (Å²) in [5, 5.41) is 6.75. The highest BCUT2D eigenvalue weighted by atomic mass is 32.2. The number of thioether (sulfide) groups is 1. The van der Waals surface area contributed by atoms with Gasteiger partial charge in [-0.05, 0) is 18.4 Å². The Bertz CT molecular complexity index is 313. The van der Waals surface area contributed by atoms with E-state index < -0.39 is 0 Å². The van der Waals surface area contributed by atoms with E-state index in [1.54, 1.807) is 18.0 Å². The van der Waals surface area contributed by atoms with Gasteiger partial charge in [0.15, 0.2) is 0 Å². The summed E-state index contributed by atoms with van der Waals surface area (Å²) in [4.78, 5) is 11.4. The van der Waals surface area contributed by atoms with E-state index in [0.717, 1.165) is 18.7 Å². The Kier molecular flexibility index (Phi) is 5.03. The number of hydrogen-bond donors (Lipinski definition) is 2. The lowest BCUT2D eigenvalue weighted by atomic mass is 10.4. The summed E-state index contributed by atoms with van der Waals surface area (Å²) in [6.07, 6.45) is 6.21. The van der Waals surface area contributed by atoms with Crippen molar-refractivity contribution in [3.63, 3.8) is 0 Å². The van der Waals surface area contributed by atoms with Crippen molar-refractivity contribution in [1.29, 1.82) is 0 Å². The SMILES string of the molecule is CSCCCNC(=O)Cn1cc(N)cn1. The summed E-state index contributed by atoms with van der Waals surface area (Å²) in [5.74, 6) is 1.04. The number of carbonyl (C=O) groups excluding carboxylic acids is 1. The van der Waals surface area contributed by atoms with Crippen molar-refractivity contribution in [3.8, 4) is 0 Å². The Morgan fingerprint density at radius 2 is 2.53 bits per heavy atom. The summed E-state index contributed by atoms with van der Waals surface area (Å²) in [7, 11) is 0. The third-order valence-corrected chi connectivity index (χ3v) is 2.50. The number of nitrogens with one attached hydrogen (secondary N) is 1. The molecule has 0 fully saturated rings. The van der Waals surface area contributed by atoms with Gasteiger partial charge in [0.05, 0.1) is 11.9 Å². The van der Waals surface area contributed by atoms with Gasteiger partial charge in [-0.15, -0.1) is 0 Å². The zero-order valence-corrected chi connectivity index (χ0v) is 9.59. The van der Waals surface area contributed by atoms with Crippen LogP contribution in [0.15, 0.2) is 12.4 Å². The lowest BCUT2D eigenvalue weighted by molar-refractivity contribution is -0.121. The minimum atomic E-state index is -0.0285. The number of aromatic nitrogens is 2. The molecule has 3 N–H and O–H groups in total. The average Bonchev–Trinajstić information content (AvgIpc) is 2.59. The Labute approximate surface area is 93.4 Å². The van der Waals surface area contributed by atoms with Gasteiger partial charge in [-0.25, -0.2) is 0 Å². The van der Waals surface area contributed by atoms with E-state index in [2.05, 4.69) is 10.4 Å². The monoisotopic (exact) mass is 228 g/mol. The molecule has 6 heteroatoms. The van der Waals surface area contributed by atoms with Gasteiger partial charge in [0, 0.05) is 12.7 Å². The first-order valence-electron chi connectivity index (χ1n) is 4.76. The third-order valence-electron chi connectivity index (χ3n) is 1.81. The lowest BCUT2D eigenvalue weighted by Gasteiger charge is -2.04. The molecule has 15 heavy (non-hydrogen) atoms.